The summed E-state index contributed by atoms with van der Waals surface area (Å²) in [5.74, 6) is -0.854. The number of carbonyl (C=O) groups is 2. The van der Waals surface area contributed by atoms with Crippen LogP contribution in [-0.2, 0) is 17.7 Å². The van der Waals surface area contributed by atoms with Crippen molar-refractivity contribution in [2.24, 2.45) is 0 Å². The number of halogens is 1. The van der Waals surface area contributed by atoms with E-state index >= 15 is 0 Å². The number of aryl methyl sites for hydroxylation is 1. The summed E-state index contributed by atoms with van der Waals surface area (Å²) >= 11 is 6.17. The molecule has 0 aliphatic carbocycles. The van der Waals surface area contributed by atoms with Crippen molar-refractivity contribution in [3.8, 4) is 22.3 Å². The first-order valence-electron chi connectivity index (χ1n) is 11.8. The van der Waals surface area contributed by atoms with E-state index in [1.807, 2.05) is 66.7 Å². The highest BCUT2D eigenvalue weighted by atomic mass is 35.5. The van der Waals surface area contributed by atoms with Crippen LogP contribution in [0.5, 0.6) is 0 Å². The molecule has 0 radical (unpaired) electrons. The molecule has 0 spiro atoms. The summed E-state index contributed by atoms with van der Waals surface area (Å²) in [6, 6.07) is 23.3. The van der Waals surface area contributed by atoms with E-state index in [2.05, 4.69) is 11.9 Å². The van der Waals surface area contributed by atoms with E-state index in [1.165, 1.54) is 7.11 Å². The van der Waals surface area contributed by atoms with Gasteiger partial charge in [0.15, 0.2) is 10.8 Å². The van der Waals surface area contributed by atoms with Crippen LogP contribution in [0.2, 0.25) is 5.15 Å². The van der Waals surface area contributed by atoms with Crippen molar-refractivity contribution in [2.45, 2.75) is 32.7 Å². The first kappa shape index (κ1) is 25.2. The number of esters is 1. The van der Waals surface area contributed by atoms with Crippen molar-refractivity contribution in [1.82, 2.24) is 9.55 Å². The Kier molecular flexibility index (Phi) is 7.86. The van der Waals surface area contributed by atoms with E-state index in [0.29, 0.717) is 24.4 Å². The smallest absolute Gasteiger partial charge is 0.355 e. The molecular weight excluding hydrogens is 476 g/mol. The molecule has 0 saturated heterocycles. The molecule has 3 aromatic carbocycles. The SMILES string of the molecule is CCCCc1nc(Cl)c(C(=O)O)n1Cc1ccc(-c2cc(-c3ccccc3)ccc2C(=O)OC)cc1. The Hall–Kier alpha value is -3.90. The topological polar surface area (TPSA) is 81.4 Å². The number of hydrogen-bond donors (Lipinski definition) is 1. The molecule has 1 aromatic heterocycles. The van der Waals surface area contributed by atoms with Crippen molar-refractivity contribution < 1.29 is 19.4 Å². The highest BCUT2D eigenvalue weighted by Crippen LogP contribution is 2.31. The van der Waals surface area contributed by atoms with Crippen LogP contribution in [0, 0.1) is 0 Å². The minimum atomic E-state index is -1.10. The number of benzene rings is 3. The third-order valence-corrected chi connectivity index (χ3v) is 6.36. The summed E-state index contributed by atoms with van der Waals surface area (Å²) in [4.78, 5) is 28.6. The van der Waals surface area contributed by atoms with E-state index in [0.717, 1.165) is 40.7 Å². The number of nitrogens with zero attached hydrogens (tertiary/aromatic N) is 2. The van der Waals surface area contributed by atoms with Gasteiger partial charge in [0.1, 0.15) is 5.82 Å². The highest BCUT2D eigenvalue weighted by Gasteiger charge is 2.21. The van der Waals surface area contributed by atoms with Crippen LogP contribution in [0.3, 0.4) is 0 Å². The maximum atomic E-state index is 12.5. The Morgan fingerprint density at radius 3 is 2.31 bits per heavy atom. The Labute approximate surface area is 215 Å². The van der Waals surface area contributed by atoms with E-state index < -0.39 is 11.9 Å². The molecule has 0 aliphatic rings. The van der Waals surface area contributed by atoms with Crippen LogP contribution in [-0.4, -0.2) is 33.7 Å². The van der Waals surface area contributed by atoms with E-state index in [-0.39, 0.29) is 10.8 Å². The van der Waals surface area contributed by atoms with Crippen molar-refractivity contribution in [3.63, 3.8) is 0 Å². The number of methoxy groups -OCH3 is 1. The van der Waals surface area contributed by atoms with E-state index in [4.69, 9.17) is 16.3 Å². The van der Waals surface area contributed by atoms with Crippen LogP contribution in [0.4, 0.5) is 0 Å². The maximum Gasteiger partial charge on any atom is 0.355 e. The zero-order valence-electron chi connectivity index (χ0n) is 20.2. The quantitative estimate of drug-likeness (QED) is 0.256. The molecule has 0 amide bonds. The first-order valence-corrected chi connectivity index (χ1v) is 12.2. The molecule has 4 aromatic rings. The number of aromatic nitrogens is 2. The van der Waals surface area contributed by atoms with Crippen LogP contribution in [0.1, 0.15) is 52.0 Å². The number of ether oxygens (including phenoxy) is 1. The molecule has 0 atom stereocenters. The summed E-state index contributed by atoms with van der Waals surface area (Å²) in [6.07, 6.45) is 2.50. The second-order valence-electron chi connectivity index (χ2n) is 8.48. The van der Waals surface area contributed by atoms with E-state index in [9.17, 15) is 14.7 Å². The molecule has 0 saturated carbocycles. The van der Waals surface area contributed by atoms with Crippen molar-refractivity contribution in [3.05, 3.63) is 101 Å². The lowest BCUT2D eigenvalue weighted by Gasteiger charge is -2.13. The number of aromatic carboxylic acids is 1. The van der Waals surface area contributed by atoms with Gasteiger partial charge in [-0.2, -0.15) is 0 Å². The zero-order valence-corrected chi connectivity index (χ0v) is 21.0. The van der Waals surface area contributed by atoms with Gasteiger partial charge in [-0.05, 0) is 46.4 Å². The Bertz CT molecular complexity index is 1380. The molecule has 184 valence electrons. The lowest BCUT2D eigenvalue weighted by Crippen LogP contribution is -2.13. The highest BCUT2D eigenvalue weighted by molar-refractivity contribution is 6.32. The normalized spacial score (nSPS) is 10.9. The van der Waals surface area contributed by atoms with Gasteiger partial charge in [-0.1, -0.05) is 85.6 Å². The molecule has 0 aliphatic heterocycles. The fourth-order valence-electron chi connectivity index (χ4n) is 4.22. The number of unbranched alkanes of at least 4 members (excludes halogenated alkanes) is 1. The number of hydrogen-bond acceptors (Lipinski definition) is 4. The Morgan fingerprint density at radius 1 is 0.972 bits per heavy atom. The molecule has 0 fully saturated rings. The molecule has 1 heterocycles. The molecule has 7 heteroatoms. The van der Waals surface area contributed by atoms with Gasteiger partial charge >= 0.3 is 11.9 Å². The molecule has 6 nitrogen and oxygen atoms in total. The summed E-state index contributed by atoms with van der Waals surface area (Å²) in [5, 5.41) is 9.70. The number of carboxylic acid groups (broad SMARTS) is 1. The van der Waals surface area contributed by atoms with Gasteiger partial charge in [0.05, 0.1) is 12.7 Å². The molecule has 0 bridgehead atoms. The minimum absolute atomic E-state index is 0.00427. The predicted octanol–water partition coefficient (Wildman–Crippen LogP) is 6.75. The third kappa shape index (κ3) is 5.34. The third-order valence-electron chi connectivity index (χ3n) is 6.10. The number of rotatable bonds is 9. The van der Waals surface area contributed by atoms with Crippen LogP contribution < -0.4 is 0 Å². The summed E-state index contributed by atoms with van der Waals surface area (Å²) in [5.41, 5.74) is 5.01. The molecular formula is C29H27ClN2O4. The number of carboxylic acids is 1. The van der Waals surface area contributed by atoms with Crippen molar-refractivity contribution in [1.29, 1.82) is 0 Å². The van der Waals surface area contributed by atoms with E-state index in [1.54, 1.807) is 10.6 Å². The van der Waals surface area contributed by atoms with Crippen LogP contribution in [0.15, 0.2) is 72.8 Å². The van der Waals surface area contributed by atoms with Gasteiger partial charge in [-0.3, -0.25) is 0 Å². The van der Waals surface area contributed by atoms with Crippen molar-refractivity contribution in [2.75, 3.05) is 7.11 Å². The fraction of sp³-hybridized carbons (Fsp3) is 0.207. The van der Waals surface area contributed by atoms with Crippen LogP contribution >= 0.6 is 11.6 Å². The fourth-order valence-corrected chi connectivity index (χ4v) is 4.50. The average Bonchev–Trinajstić information content (AvgIpc) is 3.22. The van der Waals surface area contributed by atoms with Crippen LogP contribution in [0.25, 0.3) is 22.3 Å². The lowest BCUT2D eigenvalue weighted by atomic mass is 9.94. The van der Waals surface area contributed by atoms with Gasteiger partial charge in [-0.15, -0.1) is 0 Å². The zero-order chi connectivity index (χ0) is 25.7. The number of carbonyl (C=O) groups excluding carboxylic acids is 1. The van der Waals surface area contributed by atoms with Gasteiger partial charge in [0, 0.05) is 13.0 Å². The summed E-state index contributed by atoms with van der Waals surface area (Å²) < 4.78 is 6.68. The molecule has 0 unspecified atom stereocenters. The Balaban J connectivity index is 1.70. The Morgan fingerprint density at radius 2 is 1.67 bits per heavy atom. The maximum absolute atomic E-state index is 12.5. The standard InChI is InChI=1S/C29H27ClN2O4/c1-3-4-10-25-31-27(30)26(28(33)34)32(25)18-19-11-13-21(14-12-19)24-17-22(20-8-6-5-7-9-20)15-16-23(24)29(35)36-2/h5-9,11-17H,3-4,10,18H2,1-2H3,(H,33,34). The van der Waals surface area contributed by atoms with Crippen molar-refractivity contribution >= 4 is 23.5 Å². The average molecular weight is 503 g/mol. The lowest BCUT2D eigenvalue weighted by molar-refractivity contribution is 0.0600. The second-order valence-corrected chi connectivity index (χ2v) is 8.84. The first-order chi connectivity index (χ1) is 17.4. The number of imidazole rings is 1. The van der Waals surface area contributed by atoms with Gasteiger partial charge in [0.25, 0.3) is 0 Å². The molecule has 36 heavy (non-hydrogen) atoms. The molecule has 4 rings (SSSR count). The predicted molar refractivity (Wildman–Crippen MR) is 141 cm³/mol. The molecule has 1 N–H and O–H groups in total. The second kappa shape index (κ2) is 11.2. The van der Waals surface area contributed by atoms with Gasteiger partial charge in [0.2, 0.25) is 0 Å². The van der Waals surface area contributed by atoms with Gasteiger partial charge in [-0.25, -0.2) is 14.6 Å². The summed E-state index contributed by atoms with van der Waals surface area (Å²) in [6.45, 7) is 2.40. The summed E-state index contributed by atoms with van der Waals surface area (Å²) in [7, 11) is 1.37. The monoisotopic (exact) mass is 502 g/mol. The largest absolute Gasteiger partial charge is 0.476 e. The van der Waals surface area contributed by atoms with Gasteiger partial charge < -0.3 is 14.4 Å². The minimum Gasteiger partial charge on any atom is -0.476 e.